The van der Waals surface area contributed by atoms with Crippen LogP contribution in [0.5, 0.6) is 0 Å². The molecule has 0 aromatic heterocycles. The Bertz CT molecular complexity index is 1010. The van der Waals surface area contributed by atoms with Crippen LogP contribution in [-0.2, 0) is 25.5 Å². The Morgan fingerprint density at radius 1 is 1.00 bits per heavy atom. The number of hydrogen-bond acceptors (Lipinski definition) is 6. The van der Waals surface area contributed by atoms with E-state index in [1.165, 1.54) is 4.90 Å². The second-order valence-electron chi connectivity index (χ2n) is 11.2. The van der Waals surface area contributed by atoms with Crippen LogP contribution in [0.4, 0.5) is 4.79 Å². The van der Waals surface area contributed by atoms with Gasteiger partial charge in [-0.05, 0) is 51.5 Å². The van der Waals surface area contributed by atoms with Gasteiger partial charge in [-0.2, -0.15) is 0 Å². The van der Waals surface area contributed by atoms with Gasteiger partial charge in [0.15, 0.2) is 0 Å². The first-order valence-corrected chi connectivity index (χ1v) is 13.5. The van der Waals surface area contributed by atoms with Crippen molar-refractivity contribution in [3.63, 3.8) is 0 Å². The summed E-state index contributed by atoms with van der Waals surface area (Å²) < 4.78 is 5.20. The van der Waals surface area contributed by atoms with Crippen LogP contribution in [0.25, 0.3) is 0 Å². The van der Waals surface area contributed by atoms with E-state index in [9.17, 15) is 19.2 Å². The van der Waals surface area contributed by atoms with Crippen molar-refractivity contribution in [2.75, 3.05) is 27.2 Å². The van der Waals surface area contributed by atoms with Crippen LogP contribution in [-0.4, -0.2) is 73.4 Å². The van der Waals surface area contributed by atoms with Crippen LogP contribution in [0.2, 0.25) is 0 Å². The number of amides is 4. The second kappa shape index (κ2) is 14.5. The Morgan fingerprint density at radius 3 is 2.13 bits per heavy atom. The molecule has 0 aliphatic heterocycles. The molecule has 1 aromatic carbocycles. The van der Waals surface area contributed by atoms with Gasteiger partial charge in [0.25, 0.3) is 0 Å². The van der Waals surface area contributed by atoms with E-state index in [4.69, 9.17) is 15.9 Å². The fraction of sp³-hybridized carbons (Fsp3) is 0.607. The molecule has 0 bridgehead atoms. The van der Waals surface area contributed by atoms with Crippen molar-refractivity contribution >= 4 is 29.7 Å². The van der Waals surface area contributed by atoms with Crippen molar-refractivity contribution < 1.29 is 23.9 Å². The third-order valence-electron chi connectivity index (χ3n) is 6.55. The molecule has 2 atom stereocenters. The van der Waals surface area contributed by atoms with Crippen molar-refractivity contribution in [2.24, 2.45) is 17.6 Å². The molecule has 216 valence electrons. The standard InChI is InChI=1S/C28H44N6O5/c1-28(2,3)39-27(38)32-16-15-31-25(36)22(19-9-7-6-8-10-19)33-24(35)21(26(37)34(4)5)17-18-11-13-20(14-12-18)23(29)30/h11-14,19,21-22H,6-10,15-17H2,1-5H3,(H3,29,30)(H,31,36)(H,32,38)(H,33,35)/t21?,22-/m0/s1. The third kappa shape index (κ3) is 10.6. The van der Waals surface area contributed by atoms with E-state index in [-0.39, 0.29) is 43.1 Å². The second-order valence-corrected chi connectivity index (χ2v) is 11.2. The lowest BCUT2D eigenvalue weighted by Gasteiger charge is -2.31. The van der Waals surface area contributed by atoms with Crippen LogP contribution in [0.15, 0.2) is 24.3 Å². The molecule has 6 N–H and O–H groups in total. The van der Waals surface area contributed by atoms with Gasteiger partial charge in [-0.1, -0.05) is 43.5 Å². The average molecular weight is 545 g/mol. The lowest BCUT2D eigenvalue weighted by Crippen LogP contribution is -2.55. The van der Waals surface area contributed by atoms with Gasteiger partial charge in [-0.3, -0.25) is 19.8 Å². The summed E-state index contributed by atoms with van der Waals surface area (Å²) in [5, 5.41) is 15.9. The molecule has 0 saturated heterocycles. The summed E-state index contributed by atoms with van der Waals surface area (Å²) in [5.74, 6) is -2.37. The largest absolute Gasteiger partial charge is 0.444 e. The van der Waals surface area contributed by atoms with Crippen LogP contribution in [0.3, 0.4) is 0 Å². The van der Waals surface area contributed by atoms with E-state index in [0.29, 0.717) is 5.56 Å². The van der Waals surface area contributed by atoms with Crippen molar-refractivity contribution in [2.45, 2.75) is 70.9 Å². The number of nitrogens with zero attached hydrogens (tertiary/aromatic N) is 1. The number of ether oxygens (including phenoxy) is 1. The molecule has 1 aromatic rings. The number of nitrogens with one attached hydrogen (secondary N) is 4. The number of alkyl carbamates (subject to hydrolysis) is 1. The van der Waals surface area contributed by atoms with Gasteiger partial charge in [0.05, 0.1) is 0 Å². The molecule has 1 saturated carbocycles. The van der Waals surface area contributed by atoms with E-state index in [2.05, 4.69) is 16.0 Å². The lowest BCUT2D eigenvalue weighted by atomic mass is 9.83. The number of carbonyl (C=O) groups is 4. The zero-order valence-corrected chi connectivity index (χ0v) is 23.8. The normalized spacial score (nSPS) is 15.4. The summed E-state index contributed by atoms with van der Waals surface area (Å²) in [6.07, 6.45) is 4.17. The fourth-order valence-electron chi connectivity index (χ4n) is 4.55. The highest BCUT2D eigenvalue weighted by Crippen LogP contribution is 2.27. The molecular formula is C28H44N6O5. The van der Waals surface area contributed by atoms with Crippen LogP contribution in [0, 0.1) is 17.2 Å². The van der Waals surface area contributed by atoms with Crippen molar-refractivity contribution in [1.29, 1.82) is 5.41 Å². The molecule has 11 heteroatoms. The quantitative estimate of drug-likeness (QED) is 0.123. The summed E-state index contributed by atoms with van der Waals surface area (Å²) in [4.78, 5) is 53.0. The molecule has 39 heavy (non-hydrogen) atoms. The Morgan fingerprint density at radius 2 is 1.59 bits per heavy atom. The number of amidine groups is 1. The Labute approximate surface area is 231 Å². The number of carbonyl (C=O) groups excluding carboxylic acids is 4. The maximum absolute atomic E-state index is 13.5. The minimum atomic E-state index is -1.03. The topological polar surface area (TPSA) is 167 Å². The van der Waals surface area contributed by atoms with E-state index in [1.54, 1.807) is 59.1 Å². The summed E-state index contributed by atoms with van der Waals surface area (Å²) in [5.41, 5.74) is 6.19. The van der Waals surface area contributed by atoms with E-state index in [0.717, 1.165) is 37.7 Å². The maximum atomic E-state index is 13.5. The molecular weight excluding hydrogens is 500 g/mol. The van der Waals surface area contributed by atoms with Gasteiger partial charge in [-0.25, -0.2) is 4.79 Å². The van der Waals surface area contributed by atoms with Crippen LogP contribution in [0.1, 0.15) is 64.0 Å². The number of hydrogen-bond donors (Lipinski definition) is 5. The smallest absolute Gasteiger partial charge is 0.407 e. The highest BCUT2D eigenvalue weighted by atomic mass is 16.6. The van der Waals surface area contributed by atoms with Gasteiger partial charge in [0.2, 0.25) is 17.7 Å². The third-order valence-corrected chi connectivity index (χ3v) is 6.55. The number of nitrogen functional groups attached to an aromatic ring is 1. The Kier molecular flexibility index (Phi) is 11.7. The first-order chi connectivity index (χ1) is 18.3. The molecule has 0 radical (unpaired) electrons. The minimum Gasteiger partial charge on any atom is -0.444 e. The summed E-state index contributed by atoms with van der Waals surface area (Å²) in [7, 11) is 3.18. The summed E-state index contributed by atoms with van der Waals surface area (Å²) in [6, 6.07) is 6.04. The van der Waals surface area contributed by atoms with Gasteiger partial charge >= 0.3 is 6.09 Å². The van der Waals surface area contributed by atoms with E-state index < -0.39 is 29.6 Å². The fourth-order valence-corrected chi connectivity index (χ4v) is 4.55. The van der Waals surface area contributed by atoms with Gasteiger partial charge < -0.3 is 31.3 Å². The number of nitrogens with two attached hydrogens (primary N) is 1. The predicted molar refractivity (Wildman–Crippen MR) is 149 cm³/mol. The molecule has 1 fully saturated rings. The first kappa shape index (κ1) is 31.6. The molecule has 1 unspecified atom stereocenters. The van der Waals surface area contributed by atoms with Gasteiger partial charge in [0, 0.05) is 32.7 Å². The molecule has 4 amide bonds. The van der Waals surface area contributed by atoms with Gasteiger partial charge in [-0.15, -0.1) is 0 Å². The lowest BCUT2D eigenvalue weighted by molar-refractivity contribution is -0.142. The van der Waals surface area contributed by atoms with Crippen molar-refractivity contribution in [3.8, 4) is 0 Å². The van der Waals surface area contributed by atoms with Gasteiger partial charge in [0.1, 0.15) is 23.4 Å². The average Bonchev–Trinajstić information content (AvgIpc) is 2.87. The number of benzene rings is 1. The Balaban J connectivity index is 2.11. The maximum Gasteiger partial charge on any atom is 0.407 e. The highest BCUT2D eigenvalue weighted by Gasteiger charge is 2.35. The van der Waals surface area contributed by atoms with E-state index >= 15 is 0 Å². The molecule has 2 rings (SSSR count). The zero-order chi connectivity index (χ0) is 29.2. The molecule has 0 spiro atoms. The predicted octanol–water partition coefficient (Wildman–Crippen LogP) is 1.92. The molecule has 1 aliphatic rings. The monoisotopic (exact) mass is 544 g/mol. The first-order valence-electron chi connectivity index (χ1n) is 13.5. The van der Waals surface area contributed by atoms with Crippen molar-refractivity contribution in [1.82, 2.24) is 20.9 Å². The number of rotatable bonds is 11. The van der Waals surface area contributed by atoms with Crippen LogP contribution >= 0.6 is 0 Å². The van der Waals surface area contributed by atoms with E-state index in [1.807, 2.05) is 0 Å². The molecule has 1 aliphatic carbocycles. The van der Waals surface area contributed by atoms with Crippen LogP contribution < -0.4 is 21.7 Å². The van der Waals surface area contributed by atoms with Crippen molar-refractivity contribution in [3.05, 3.63) is 35.4 Å². The Hall–Kier alpha value is -3.63. The molecule has 0 heterocycles. The summed E-state index contributed by atoms with van der Waals surface area (Å²) in [6.45, 7) is 5.63. The highest BCUT2D eigenvalue weighted by molar-refractivity contribution is 6.02. The molecule has 11 nitrogen and oxygen atoms in total. The minimum absolute atomic E-state index is 0.0496. The SMILES string of the molecule is CN(C)C(=O)C(Cc1ccc(C(=N)N)cc1)C(=O)N[C@H](C(=O)NCCNC(=O)OC(C)(C)C)C1CCCCC1. The zero-order valence-electron chi connectivity index (χ0n) is 23.8. The summed E-state index contributed by atoms with van der Waals surface area (Å²) >= 11 is 0.